The zero-order chi connectivity index (χ0) is 25.8. The van der Waals surface area contributed by atoms with Crippen LogP contribution in [0.25, 0.3) is 0 Å². The quantitative estimate of drug-likeness (QED) is 0.563. The summed E-state index contributed by atoms with van der Waals surface area (Å²) in [6.07, 6.45) is 6.96. The smallest absolute Gasteiger partial charge is 0.343 e. The summed E-state index contributed by atoms with van der Waals surface area (Å²) < 4.78 is 17.8. The van der Waals surface area contributed by atoms with E-state index in [9.17, 15) is 9.90 Å². The molecule has 37 heavy (non-hydrogen) atoms. The van der Waals surface area contributed by atoms with Crippen molar-refractivity contribution in [2.45, 2.75) is 77.0 Å². The molecule has 5 aliphatic rings. The number of aliphatic hydroxyl groups excluding tert-OH is 1. The summed E-state index contributed by atoms with van der Waals surface area (Å²) in [5, 5.41) is 11.4. The lowest BCUT2D eigenvalue weighted by atomic mass is 9.68. The highest BCUT2D eigenvalue weighted by molar-refractivity contribution is 5.93. The molecule has 0 aromatic heterocycles. The first-order chi connectivity index (χ1) is 17.9. The number of hydrogen-bond acceptors (Lipinski definition) is 6. The molecule has 1 aromatic carbocycles. The third kappa shape index (κ3) is 3.87. The van der Waals surface area contributed by atoms with Gasteiger partial charge < -0.3 is 19.3 Å². The van der Waals surface area contributed by atoms with Gasteiger partial charge in [-0.2, -0.15) is 0 Å². The lowest BCUT2D eigenvalue weighted by Crippen LogP contribution is -2.60. The SMILES string of the molecule is CC[C@H](O)[C@@H]1[C@H]2CC[C@H](c3ccccc3)[C@H]2C[C@H]2[C@@H]3C(=CCCN12)O/C(=C1/OC(=O)C(C)=C1OC)[C@H]3C. The molecule has 0 radical (unpaired) electrons. The molecule has 6 nitrogen and oxygen atoms in total. The van der Waals surface area contributed by atoms with Gasteiger partial charge in [-0.05, 0) is 68.4 Å². The number of nitrogens with zero attached hydrogens (tertiary/aromatic N) is 1. The Labute approximate surface area is 220 Å². The number of cyclic esters (lactones) is 1. The van der Waals surface area contributed by atoms with Gasteiger partial charge in [0, 0.05) is 30.5 Å². The fourth-order valence-electron chi connectivity index (χ4n) is 8.17. The molecular formula is C31H39NO5. The van der Waals surface area contributed by atoms with Crippen molar-refractivity contribution in [3.05, 3.63) is 70.6 Å². The van der Waals surface area contributed by atoms with E-state index in [1.165, 1.54) is 18.4 Å². The second-order valence-corrected chi connectivity index (χ2v) is 11.5. The van der Waals surface area contributed by atoms with Crippen molar-refractivity contribution >= 4 is 5.97 Å². The summed E-state index contributed by atoms with van der Waals surface area (Å²) in [7, 11) is 1.57. The minimum Gasteiger partial charge on any atom is -0.492 e. The number of piperidine rings is 1. The molecule has 4 aliphatic heterocycles. The van der Waals surface area contributed by atoms with Crippen molar-refractivity contribution in [2.24, 2.45) is 23.7 Å². The molecule has 1 saturated carbocycles. The highest BCUT2D eigenvalue weighted by Crippen LogP contribution is 2.57. The van der Waals surface area contributed by atoms with Crippen LogP contribution >= 0.6 is 0 Å². The number of aliphatic hydroxyl groups is 1. The predicted molar refractivity (Wildman–Crippen MR) is 140 cm³/mol. The van der Waals surface area contributed by atoms with Crippen LogP contribution in [0.1, 0.15) is 64.4 Å². The predicted octanol–water partition coefficient (Wildman–Crippen LogP) is 5.27. The van der Waals surface area contributed by atoms with Gasteiger partial charge in [0.05, 0.1) is 18.8 Å². The first kappa shape index (κ1) is 24.7. The van der Waals surface area contributed by atoms with E-state index < -0.39 is 0 Å². The Morgan fingerprint density at radius 2 is 1.95 bits per heavy atom. The average Bonchev–Trinajstić information content (AvgIpc) is 3.52. The van der Waals surface area contributed by atoms with Crippen LogP contribution in [0, 0.1) is 23.7 Å². The van der Waals surface area contributed by atoms with E-state index in [4.69, 9.17) is 14.2 Å². The number of hydrogen-bond donors (Lipinski definition) is 1. The third-order valence-electron chi connectivity index (χ3n) is 9.81. The maximum Gasteiger partial charge on any atom is 0.343 e. The number of rotatable bonds is 4. The van der Waals surface area contributed by atoms with Crippen LogP contribution in [-0.4, -0.2) is 47.8 Å². The van der Waals surface area contributed by atoms with E-state index in [1.54, 1.807) is 14.0 Å². The summed E-state index contributed by atoms with van der Waals surface area (Å²) in [6.45, 7) is 6.96. The van der Waals surface area contributed by atoms with Gasteiger partial charge in [-0.25, -0.2) is 4.79 Å². The van der Waals surface area contributed by atoms with Crippen molar-refractivity contribution in [1.82, 2.24) is 4.90 Å². The molecular weight excluding hydrogens is 466 g/mol. The molecule has 8 atom stereocenters. The summed E-state index contributed by atoms with van der Waals surface area (Å²) in [5.74, 6) is 3.93. The summed E-state index contributed by atoms with van der Waals surface area (Å²) in [5.41, 5.74) is 1.91. The first-order valence-corrected chi connectivity index (χ1v) is 14.0. The van der Waals surface area contributed by atoms with Crippen LogP contribution in [0.4, 0.5) is 0 Å². The maximum atomic E-state index is 12.4. The van der Waals surface area contributed by atoms with Crippen molar-refractivity contribution in [2.75, 3.05) is 13.7 Å². The molecule has 1 N–H and O–H groups in total. The van der Waals surface area contributed by atoms with Crippen molar-refractivity contribution in [1.29, 1.82) is 0 Å². The molecule has 0 spiro atoms. The van der Waals surface area contributed by atoms with Crippen LogP contribution in [0.5, 0.6) is 0 Å². The molecule has 6 rings (SSSR count). The first-order valence-electron chi connectivity index (χ1n) is 14.0. The van der Waals surface area contributed by atoms with Gasteiger partial charge in [0.15, 0.2) is 11.5 Å². The van der Waals surface area contributed by atoms with Crippen LogP contribution in [0.2, 0.25) is 0 Å². The van der Waals surface area contributed by atoms with Gasteiger partial charge in [-0.1, -0.05) is 44.2 Å². The van der Waals surface area contributed by atoms with E-state index in [2.05, 4.69) is 55.2 Å². The number of benzene rings is 1. The molecule has 1 aromatic rings. The Balaban J connectivity index is 1.39. The maximum absolute atomic E-state index is 12.4. The summed E-state index contributed by atoms with van der Waals surface area (Å²) >= 11 is 0. The largest absolute Gasteiger partial charge is 0.492 e. The molecule has 0 unspecified atom stereocenters. The van der Waals surface area contributed by atoms with E-state index in [-0.39, 0.29) is 36.0 Å². The van der Waals surface area contributed by atoms with Gasteiger partial charge in [0.1, 0.15) is 5.76 Å². The number of methoxy groups -OCH3 is 1. The standard InChI is InChI=1S/C31H39NO5/c1-5-24(33)27-21-14-13-20(19-10-7-6-8-11-19)22(21)16-23-26-17(2)29(36-25(26)12-9-15-32(23)27)30-28(35-4)18(3)31(34)37-30/h6-8,10-12,17,20-24,26-27,33H,5,9,13-16H2,1-4H3/b30-29+/t17-,20+,21-,22+,23-,24-,26+,27-/m0/s1. The van der Waals surface area contributed by atoms with Crippen LogP contribution in [-0.2, 0) is 19.0 Å². The van der Waals surface area contributed by atoms with Crippen molar-refractivity contribution < 1.29 is 24.1 Å². The average molecular weight is 506 g/mol. The van der Waals surface area contributed by atoms with E-state index in [0.29, 0.717) is 40.6 Å². The molecule has 198 valence electrons. The fourth-order valence-corrected chi connectivity index (χ4v) is 8.17. The lowest BCUT2D eigenvalue weighted by Gasteiger charge is -2.52. The molecule has 1 aliphatic carbocycles. The summed E-state index contributed by atoms with van der Waals surface area (Å²) in [6, 6.07) is 11.4. The number of carbonyl (C=O) groups excluding carboxylic acids is 1. The van der Waals surface area contributed by atoms with E-state index in [0.717, 1.165) is 31.6 Å². The zero-order valence-electron chi connectivity index (χ0n) is 22.4. The molecule has 4 heterocycles. The van der Waals surface area contributed by atoms with Crippen LogP contribution in [0.3, 0.4) is 0 Å². The topological polar surface area (TPSA) is 68.2 Å². The van der Waals surface area contributed by atoms with Crippen LogP contribution in [0.15, 0.2) is 65.0 Å². The second-order valence-electron chi connectivity index (χ2n) is 11.5. The highest BCUT2D eigenvalue weighted by atomic mass is 16.6. The number of esters is 1. The van der Waals surface area contributed by atoms with Crippen molar-refractivity contribution in [3.8, 4) is 0 Å². The Morgan fingerprint density at radius 3 is 2.68 bits per heavy atom. The molecule has 0 bridgehead atoms. The Kier molecular flexibility index (Phi) is 6.44. The summed E-state index contributed by atoms with van der Waals surface area (Å²) in [4.78, 5) is 15.0. The minimum absolute atomic E-state index is 0.0308. The molecule has 6 heteroatoms. The lowest BCUT2D eigenvalue weighted by molar-refractivity contribution is -0.133. The number of allylic oxidation sites excluding steroid dienone is 1. The monoisotopic (exact) mass is 505 g/mol. The number of ether oxygens (including phenoxy) is 3. The third-order valence-corrected chi connectivity index (χ3v) is 9.81. The van der Waals surface area contributed by atoms with Crippen LogP contribution < -0.4 is 0 Å². The highest BCUT2D eigenvalue weighted by Gasteiger charge is 2.56. The van der Waals surface area contributed by atoms with E-state index >= 15 is 0 Å². The second kappa shape index (κ2) is 9.63. The molecule has 2 saturated heterocycles. The van der Waals surface area contributed by atoms with Gasteiger partial charge in [-0.15, -0.1) is 0 Å². The fraction of sp³-hybridized carbons (Fsp3) is 0.581. The Hall–Kier alpha value is -2.57. The zero-order valence-corrected chi connectivity index (χ0v) is 22.4. The van der Waals surface area contributed by atoms with E-state index in [1.807, 2.05) is 0 Å². The van der Waals surface area contributed by atoms with Crippen molar-refractivity contribution in [3.63, 3.8) is 0 Å². The normalized spacial score (nSPS) is 38.2. The van der Waals surface area contributed by atoms with Gasteiger partial charge >= 0.3 is 5.97 Å². The van der Waals surface area contributed by atoms with Gasteiger partial charge in [0.2, 0.25) is 5.76 Å². The molecule has 3 fully saturated rings. The van der Waals surface area contributed by atoms with Gasteiger partial charge in [0.25, 0.3) is 0 Å². The Morgan fingerprint density at radius 1 is 1.16 bits per heavy atom. The number of carbonyl (C=O) groups is 1. The number of fused-ring (bicyclic) bond motifs is 4. The Bertz CT molecular complexity index is 1150. The minimum atomic E-state index is -0.374. The van der Waals surface area contributed by atoms with Gasteiger partial charge in [-0.3, -0.25) is 4.90 Å². The molecule has 0 amide bonds.